The van der Waals surface area contributed by atoms with Crippen LogP contribution in [0.15, 0.2) is 0 Å². The van der Waals surface area contributed by atoms with E-state index in [1.165, 1.54) is 0 Å². The number of rotatable bonds is 6. The Balaban J connectivity index is 2.95. The number of methoxy groups -OCH3 is 1. The lowest BCUT2D eigenvalue weighted by atomic mass is 10.2. The zero-order chi connectivity index (χ0) is 12.0. The van der Waals surface area contributed by atoms with Gasteiger partial charge in [0.1, 0.15) is 5.69 Å². The highest BCUT2D eigenvalue weighted by molar-refractivity contribution is 5.14. The van der Waals surface area contributed by atoms with Crippen LogP contribution in [-0.2, 0) is 17.8 Å². The van der Waals surface area contributed by atoms with Crippen LogP contribution in [0.4, 0.5) is 0 Å². The van der Waals surface area contributed by atoms with Crippen LogP contribution in [0.5, 0.6) is 0 Å². The molecule has 88 valence electrons. The van der Waals surface area contributed by atoms with Gasteiger partial charge in [-0.05, 0) is 13.3 Å². The molecule has 0 radical (unpaired) electrons. The van der Waals surface area contributed by atoms with Gasteiger partial charge in [0.15, 0.2) is 0 Å². The number of hydrogen-bond donors (Lipinski definition) is 1. The zero-order valence-electron chi connectivity index (χ0n) is 9.55. The van der Waals surface area contributed by atoms with Crippen LogP contribution in [0, 0.1) is 11.3 Å². The summed E-state index contributed by atoms with van der Waals surface area (Å²) in [6.07, 6.45) is 0.830. The van der Waals surface area contributed by atoms with E-state index in [9.17, 15) is 0 Å². The van der Waals surface area contributed by atoms with Crippen molar-refractivity contribution in [1.29, 1.82) is 5.26 Å². The highest BCUT2D eigenvalue weighted by Crippen LogP contribution is 2.15. The molecule has 0 spiro atoms. The van der Waals surface area contributed by atoms with Gasteiger partial charge in [-0.3, -0.25) is 0 Å². The average Bonchev–Trinajstić information content (AvgIpc) is 2.64. The predicted octanol–water partition coefficient (Wildman–Crippen LogP) is 0.434. The largest absolute Gasteiger partial charge is 0.396 e. The average molecular weight is 224 g/mol. The van der Waals surface area contributed by atoms with Gasteiger partial charge >= 0.3 is 0 Å². The second-order valence-electron chi connectivity index (χ2n) is 3.56. The van der Waals surface area contributed by atoms with Gasteiger partial charge in [-0.1, -0.05) is 5.21 Å². The molecule has 6 nitrogen and oxygen atoms in total. The smallest absolute Gasteiger partial charge is 0.102 e. The summed E-state index contributed by atoms with van der Waals surface area (Å²) in [6.45, 7) is 2.42. The summed E-state index contributed by atoms with van der Waals surface area (Å²) in [5.74, 6) is 0. The monoisotopic (exact) mass is 224 g/mol. The van der Waals surface area contributed by atoms with Gasteiger partial charge in [0, 0.05) is 13.7 Å². The van der Waals surface area contributed by atoms with Crippen LogP contribution in [0.2, 0.25) is 0 Å². The molecule has 6 heteroatoms. The number of ether oxygens (including phenoxy) is 1. The highest BCUT2D eigenvalue weighted by Gasteiger charge is 2.16. The minimum Gasteiger partial charge on any atom is -0.396 e. The number of aromatic nitrogens is 3. The molecule has 1 heterocycles. The summed E-state index contributed by atoms with van der Waals surface area (Å²) in [5, 5.41) is 25.5. The van der Waals surface area contributed by atoms with Crippen molar-refractivity contribution in [1.82, 2.24) is 15.0 Å². The Morgan fingerprint density at radius 3 is 2.94 bits per heavy atom. The summed E-state index contributed by atoms with van der Waals surface area (Å²) in [6, 6.07) is 2.10. The molecule has 0 fully saturated rings. The van der Waals surface area contributed by atoms with Crippen LogP contribution in [0.1, 0.15) is 30.8 Å². The van der Waals surface area contributed by atoms with Gasteiger partial charge in [-0.2, -0.15) is 5.26 Å². The Kier molecular flexibility index (Phi) is 4.89. The van der Waals surface area contributed by atoms with Crippen LogP contribution >= 0.6 is 0 Å². The van der Waals surface area contributed by atoms with E-state index in [1.54, 1.807) is 11.8 Å². The normalized spacial score (nSPS) is 12.4. The quantitative estimate of drug-likeness (QED) is 0.757. The maximum atomic E-state index is 8.88. The van der Waals surface area contributed by atoms with Gasteiger partial charge in [0.2, 0.25) is 0 Å². The van der Waals surface area contributed by atoms with E-state index in [0.29, 0.717) is 18.7 Å². The fourth-order valence-electron chi connectivity index (χ4n) is 1.51. The van der Waals surface area contributed by atoms with Gasteiger partial charge in [0.05, 0.1) is 30.8 Å². The Bertz CT molecular complexity index is 369. The Hall–Kier alpha value is -1.45. The number of aliphatic hydroxyl groups is 1. The first-order chi connectivity index (χ1) is 7.74. The number of hydrogen-bond acceptors (Lipinski definition) is 5. The summed E-state index contributed by atoms with van der Waals surface area (Å²) in [4.78, 5) is 0. The van der Waals surface area contributed by atoms with Gasteiger partial charge < -0.3 is 9.84 Å². The molecule has 0 amide bonds. The maximum Gasteiger partial charge on any atom is 0.102 e. The minimum absolute atomic E-state index is 0.0510. The molecule has 1 unspecified atom stereocenters. The van der Waals surface area contributed by atoms with E-state index >= 15 is 0 Å². The van der Waals surface area contributed by atoms with Crippen molar-refractivity contribution in [3.05, 3.63) is 11.4 Å². The van der Waals surface area contributed by atoms with Gasteiger partial charge in [-0.25, -0.2) is 4.68 Å². The minimum atomic E-state index is 0.0510. The second kappa shape index (κ2) is 6.20. The fraction of sp³-hybridized carbons (Fsp3) is 0.700. The van der Waals surface area contributed by atoms with E-state index in [-0.39, 0.29) is 19.1 Å². The molecule has 0 aliphatic carbocycles. The first-order valence-corrected chi connectivity index (χ1v) is 5.14. The first-order valence-electron chi connectivity index (χ1n) is 5.14. The van der Waals surface area contributed by atoms with E-state index in [1.807, 2.05) is 13.0 Å². The van der Waals surface area contributed by atoms with Crippen LogP contribution in [0.3, 0.4) is 0 Å². The lowest BCUT2D eigenvalue weighted by molar-refractivity contribution is 0.171. The SMILES string of the molecule is COCc1c(CC#N)nnn1C(C)CCO. The van der Waals surface area contributed by atoms with Crippen molar-refractivity contribution >= 4 is 0 Å². The third-order valence-electron chi connectivity index (χ3n) is 2.36. The molecule has 0 aromatic carbocycles. The Morgan fingerprint density at radius 2 is 2.38 bits per heavy atom. The first kappa shape index (κ1) is 12.6. The molecule has 0 saturated carbocycles. The second-order valence-corrected chi connectivity index (χ2v) is 3.56. The van der Waals surface area contributed by atoms with Gasteiger partial charge in [-0.15, -0.1) is 5.10 Å². The molecule has 0 aliphatic rings. The summed E-state index contributed by atoms with van der Waals surface area (Å²) >= 11 is 0. The molecule has 0 saturated heterocycles. The molecule has 1 rings (SSSR count). The Labute approximate surface area is 94.4 Å². The third-order valence-corrected chi connectivity index (χ3v) is 2.36. The molecule has 1 atom stereocenters. The van der Waals surface area contributed by atoms with Crippen molar-refractivity contribution in [2.75, 3.05) is 13.7 Å². The van der Waals surface area contributed by atoms with Crippen molar-refractivity contribution in [3.8, 4) is 6.07 Å². The van der Waals surface area contributed by atoms with Crippen molar-refractivity contribution in [2.45, 2.75) is 32.4 Å². The summed E-state index contributed by atoms with van der Waals surface area (Å²) < 4.78 is 6.78. The molecule has 0 bridgehead atoms. The topological polar surface area (TPSA) is 84.0 Å². The van der Waals surface area contributed by atoms with Crippen molar-refractivity contribution in [2.24, 2.45) is 0 Å². The molecule has 16 heavy (non-hydrogen) atoms. The molecule has 1 aromatic heterocycles. The highest BCUT2D eigenvalue weighted by atomic mass is 16.5. The maximum absolute atomic E-state index is 8.88. The molecule has 1 aromatic rings. The van der Waals surface area contributed by atoms with Crippen LogP contribution in [0.25, 0.3) is 0 Å². The number of aliphatic hydroxyl groups excluding tert-OH is 1. The summed E-state index contributed by atoms with van der Waals surface area (Å²) in [7, 11) is 1.59. The number of nitrogens with zero attached hydrogens (tertiary/aromatic N) is 4. The molecular formula is C10H16N4O2. The molecular weight excluding hydrogens is 208 g/mol. The third kappa shape index (κ3) is 2.78. The van der Waals surface area contributed by atoms with E-state index in [4.69, 9.17) is 15.1 Å². The lowest BCUT2D eigenvalue weighted by Gasteiger charge is -2.13. The number of nitriles is 1. The zero-order valence-corrected chi connectivity index (χ0v) is 9.55. The van der Waals surface area contributed by atoms with Crippen LogP contribution in [-0.4, -0.2) is 33.8 Å². The summed E-state index contributed by atoms with van der Waals surface area (Å²) in [5.41, 5.74) is 1.46. The van der Waals surface area contributed by atoms with E-state index in [0.717, 1.165) is 5.69 Å². The standard InChI is InChI=1S/C10H16N4O2/c1-8(4-6-15)14-10(7-16-2)9(3-5-11)12-13-14/h8,15H,3-4,6-7H2,1-2H3. The van der Waals surface area contributed by atoms with Gasteiger partial charge in [0.25, 0.3) is 0 Å². The van der Waals surface area contributed by atoms with E-state index < -0.39 is 0 Å². The Morgan fingerprint density at radius 1 is 1.62 bits per heavy atom. The predicted molar refractivity (Wildman–Crippen MR) is 56.5 cm³/mol. The lowest BCUT2D eigenvalue weighted by Crippen LogP contribution is -2.13. The fourth-order valence-corrected chi connectivity index (χ4v) is 1.51. The molecule has 1 N–H and O–H groups in total. The van der Waals surface area contributed by atoms with Crippen molar-refractivity contribution < 1.29 is 9.84 Å². The van der Waals surface area contributed by atoms with E-state index in [2.05, 4.69) is 10.3 Å². The van der Waals surface area contributed by atoms with Crippen molar-refractivity contribution in [3.63, 3.8) is 0 Å². The molecule has 0 aliphatic heterocycles. The van der Waals surface area contributed by atoms with Crippen LogP contribution < -0.4 is 0 Å².